The zero-order chi connectivity index (χ0) is 12.4. The van der Waals surface area contributed by atoms with Gasteiger partial charge in [0.15, 0.2) is 0 Å². The van der Waals surface area contributed by atoms with Crippen molar-refractivity contribution in [3.05, 3.63) is 62.5 Å². The lowest BCUT2D eigenvalue weighted by molar-refractivity contribution is -0.599. The van der Waals surface area contributed by atoms with Gasteiger partial charge in [-0.25, -0.2) is 0 Å². The predicted octanol–water partition coefficient (Wildman–Crippen LogP) is 2.65. The molecule has 0 aliphatic heterocycles. The Kier molecular flexibility index (Phi) is 5.18. The highest BCUT2D eigenvalue weighted by atomic mass is 127. The quantitative estimate of drug-likeness (QED) is 0.433. The van der Waals surface area contributed by atoms with E-state index in [2.05, 4.69) is 44.0 Å². The number of benzene rings is 2. The molecule has 17 heavy (non-hydrogen) atoms. The molecule has 0 amide bonds. The summed E-state index contributed by atoms with van der Waals surface area (Å²) in [5.41, 5.74) is 0. The van der Waals surface area contributed by atoms with Crippen LogP contribution < -0.4 is 21.2 Å². The van der Waals surface area contributed by atoms with E-state index in [-0.39, 0.29) is 21.2 Å². The maximum Gasteiger partial charge on any atom is 0.360 e. The minimum absolute atomic E-state index is 0.251. The average molecular weight is 508 g/mol. The molecule has 0 aromatic heterocycles. The van der Waals surface area contributed by atoms with E-state index in [9.17, 15) is 0 Å². The maximum absolute atomic E-state index is 5.93. The molecule has 2 aromatic carbocycles. The zero-order valence-electron chi connectivity index (χ0n) is 8.35. The van der Waals surface area contributed by atoms with Crippen LogP contribution in [0.5, 0.6) is 0 Å². The summed E-state index contributed by atoms with van der Waals surface area (Å²) in [7, 11) is 0. The van der Waals surface area contributed by atoms with Crippen molar-refractivity contribution < 1.29 is 21.2 Å². The van der Waals surface area contributed by atoms with Gasteiger partial charge < -0.3 is 0 Å². The molecule has 0 atom stereocenters. The molecule has 0 saturated carbocycles. The van der Waals surface area contributed by atoms with Gasteiger partial charge in [0.25, 0.3) is 0 Å². The molecule has 0 fully saturated rings. The third-order valence-electron chi connectivity index (χ3n) is 1.97. The molecular weight excluding hydrogens is 502 g/mol. The Labute approximate surface area is 137 Å². The smallest absolute Gasteiger partial charge is 0.0843 e. The van der Waals surface area contributed by atoms with Crippen molar-refractivity contribution in [3.63, 3.8) is 0 Å². The summed E-state index contributed by atoms with van der Waals surface area (Å²) in [5.74, 6) is 0. The van der Waals surface area contributed by atoms with E-state index in [1.807, 2.05) is 24.3 Å². The van der Waals surface area contributed by atoms with Gasteiger partial charge in [0.2, 0.25) is 7.14 Å². The van der Waals surface area contributed by atoms with Gasteiger partial charge in [0.05, 0.1) is 8.95 Å². The summed E-state index contributed by atoms with van der Waals surface area (Å²) in [5, 5.41) is 1.50. The highest BCUT2D eigenvalue weighted by Gasteiger charge is 2.22. The van der Waals surface area contributed by atoms with Crippen molar-refractivity contribution in [2.24, 2.45) is 0 Å². The third kappa shape index (κ3) is 3.83. The molecule has 0 N–H and O–H groups in total. The van der Waals surface area contributed by atoms with Crippen LogP contribution in [0.2, 0.25) is 10.0 Å². The Balaban J connectivity index is 2.31. The van der Waals surface area contributed by atoms with Gasteiger partial charge in [-0.3, -0.25) is 0 Å². The minimum Gasteiger partial charge on any atom is -0.0843 e. The minimum atomic E-state index is -0.251. The first-order valence-corrected chi connectivity index (χ1v) is 9.11. The Morgan fingerprint density at radius 1 is 0.765 bits per heavy atom. The van der Waals surface area contributed by atoms with E-state index in [0.717, 1.165) is 19.0 Å². The SMILES string of the molecule is Clc1ccc([I+]c2ccc(Cl)cc2Br)c(Br)c1. The predicted molar refractivity (Wildman–Crippen MR) is 75.7 cm³/mol. The first-order valence-electron chi connectivity index (χ1n) is 4.61. The summed E-state index contributed by atoms with van der Waals surface area (Å²) in [4.78, 5) is 0. The van der Waals surface area contributed by atoms with Crippen molar-refractivity contribution in [3.8, 4) is 0 Å². The molecule has 0 aliphatic carbocycles. The molecule has 5 heteroatoms. The molecule has 0 spiro atoms. The molecule has 0 nitrogen and oxygen atoms in total. The van der Waals surface area contributed by atoms with Crippen LogP contribution in [0.15, 0.2) is 45.3 Å². The van der Waals surface area contributed by atoms with Crippen molar-refractivity contribution >= 4 is 55.1 Å². The van der Waals surface area contributed by atoms with Crippen LogP contribution in [0.1, 0.15) is 0 Å². The molecule has 0 saturated heterocycles. The second-order valence-electron chi connectivity index (χ2n) is 3.21. The van der Waals surface area contributed by atoms with Crippen LogP contribution in [0.4, 0.5) is 0 Å². The molecule has 0 radical (unpaired) electrons. The van der Waals surface area contributed by atoms with Crippen molar-refractivity contribution in [1.82, 2.24) is 0 Å². The molecule has 2 rings (SSSR count). The third-order valence-corrected chi connectivity index (χ3v) is 8.28. The molecule has 2 aromatic rings. The Bertz CT molecular complexity index is 509. The zero-order valence-corrected chi connectivity index (χ0v) is 15.2. The first-order chi connectivity index (χ1) is 8.06. The lowest BCUT2D eigenvalue weighted by Gasteiger charge is -1.95. The van der Waals surface area contributed by atoms with Crippen molar-refractivity contribution in [1.29, 1.82) is 0 Å². The monoisotopic (exact) mass is 505 g/mol. The maximum atomic E-state index is 5.93. The van der Waals surface area contributed by atoms with Crippen LogP contribution >= 0.6 is 55.1 Å². The first kappa shape index (κ1) is 14.1. The van der Waals surface area contributed by atoms with E-state index in [1.54, 1.807) is 0 Å². The Hall–Kier alpha value is 0.710. The second kappa shape index (κ2) is 6.24. The van der Waals surface area contributed by atoms with Gasteiger partial charge in [0, 0.05) is 10.0 Å². The van der Waals surface area contributed by atoms with Gasteiger partial charge in [-0.1, -0.05) is 23.2 Å². The van der Waals surface area contributed by atoms with Gasteiger partial charge in [-0.15, -0.1) is 0 Å². The van der Waals surface area contributed by atoms with E-state index >= 15 is 0 Å². The van der Waals surface area contributed by atoms with Gasteiger partial charge >= 0.3 is 21.2 Å². The van der Waals surface area contributed by atoms with Crippen molar-refractivity contribution in [2.75, 3.05) is 0 Å². The summed E-state index contributed by atoms with van der Waals surface area (Å²) in [6.07, 6.45) is 0. The fourth-order valence-electron chi connectivity index (χ4n) is 1.20. The standard InChI is InChI=1S/C12H6Br2Cl2I/c13-9-5-7(15)1-3-11(9)17-12-4-2-8(16)6-10(12)14/h1-6H/q+1. The Morgan fingerprint density at radius 2 is 1.18 bits per heavy atom. The highest BCUT2D eigenvalue weighted by Crippen LogP contribution is 2.17. The number of rotatable bonds is 2. The van der Waals surface area contributed by atoms with Crippen LogP contribution in [0, 0.1) is 7.14 Å². The van der Waals surface area contributed by atoms with E-state index in [4.69, 9.17) is 23.2 Å². The Morgan fingerprint density at radius 3 is 1.53 bits per heavy atom. The van der Waals surface area contributed by atoms with Gasteiger partial charge in [0.1, 0.15) is 0 Å². The van der Waals surface area contributed by atoms with Gasteiger partial charge in [-0.05, 0) is 68.3 Å². The molecule has 88 valence electrons. The summed E-state index contributed by atoms with van der Waals surface area (Å²) in [6, 6.07) is 11.8. The van der Waals surface area contributed by atoms with Crippen LogP contribution in [0.25, 0.3) is 0 Å². The summed E-state index contributed by atoms with van der Waals surface area (Å²) >= 11 is 18.7. The fraction of sp³-hybridized carbons (Fsp3) is 0. The van der Waals surface area contributed by atoms with Gasteiger partial charge in [-0.2, -0.15) is 0 Å². The normalized spacial score (nSPS) is 10.6. The van der Waals surface area contributed by atoms with Crippen LogP contribution in [-0.2, 0) is 0 Å². The average Bonchev–Trinajstić information content (AvgIpc) is 2.25. The van der Waals surface area contributed by atoms with Crippen LogP contribution in [-0.4, -0.2) is 0 Å². The fourth-order valence-corrected chi connectivity index (χ4v) is 5.75. The topological polar surface area (TPSA) is 0 Å². The van der Waals surface area contributed by atoms with E-state index in [0.29, 0.717) is 0 Å². The molecule has 0 aliphatic rings. The molecule has 0 bridgehead atoms. The largest absolute Gasteiger partial charge is 0.360 e. The number of hydrogen-bond donors (Lipinski definition) is 0. The number of hydrogen-bond acceptors (Lipinski definition) is 0. The van der Waals surface area contributed by atoms with E-state index in [1.165, 1.54) is 7.14 Å². The lowest BCUT2D eigenvalue weighted by Crippen LogP contribution is -3.61. The van der Waals surface area contributed by atoms with E-state index < -0.39 is 0 Å². The number of halogens is 5. The lowest BCUT2D eigenvalue weighted by atomic mass is 10.4. The molecular formula is C12H6Br2Cl2I+. The van der Waals surface area contributed by atoms with Crippen molar-refractivity contribution in [2.45, 2.75) is 0 Å². The second-order valence-corrected chi connectivity index (χ2v) is 8.66. The van der Waals surface area contributed by atoms with Crippen LogP contribution in [0.3, 0.4) is 0 Å². The highest BCUT2D eigenvalue weighted by molar-refractivity contribution is 9.10. The summed E-state index contributed by atoms with van der Waals surface area (Å²) in [6.45, 7) is 0. The molecule has 0 unspecified atom stereocenters. The summed E-state index contributed by atoms with van der Waals surface area (Å²) < 4.78 is 4.74. The molecule has 0 heterocycles.